The van der Waals surface area contributed by atoms with E-state index < -0.39 is 17.4 Å². The van der Waals surface area contributed by atoms with Gasteiger partial charge in [-0.1, -0.05) is 46.8 Å². The number of nitrogens with one attached hydrogen (secondary N) is 2. The Morgan fingerprint density at radius 1 is 0.938 bits per heavy atom. The van der Waals surface area contributed by atoms with Gasteiger partial charge in [0.2, 0.25) is 5.91 Å². The third-order valence-electron chi connectivity index (χ3n) is 15.8. The topological polar surface area (TPSA) is 114 Å². The summed E-state index contributed by atoms with van der Waals surface area (Å²) in [6, 6.07) is 0. The molecule has 5 aliphatic rings. The molecule has 9 heteroatoms. The summed E-state index contributed by atoms with van der Waals surface area (Å²) in [7, 11) is 2.06. The first-order valence-electron chi connectivity index (χ1n) is 18.8. The van der Waals surface area contributed by atoms with Crippen molar-refractivity contribution >= 4 is 25.5 Å². The van der Waals surface area contributed by atoms with Gasteiger partial charge >= 0.3 is 19.6 Å². The molecule has 270 valence electrons. The molecule has 5 rings (SSSR count). The van der Waals surface area contributed by atoms with E-state index in [9.17, 15) is 19.5 Å². The molecule has 5 fully saturated rings. The Labute approximate surface area is 291 Å². The van der Waals surface area contributed by atoms with Gasteiger partial charge in [0.15, 0.2) is 0 Å². The number of ether oxygens (including phenoxy) is 1. The van der Waals surface area contributed by atoms with E-state index in [-0.39, 0.29) is 51.7 Å². The Hall–Kier alpha value is -1.87. The molecular weight excluding hydrogens is 603 g/mol. The molecule has 5 aliphatic carbocycles. The van der Waals surface area contributed by atoms with Crippen molar-refractivity contribution in [2.45, 2.75) is 145 Å². The van der Waals surface area contributed by atoms with Crippen LogP contribution >= 0.6 is 0 Å². The third kappa shape index (κ3) is 5.69. The van der Waals surface area contributed by atoms with Crippen molar-refractivity contribution < 1.29 is 28.9 Å². The van der Waals surface area contributed by atoms with Crippen molar-refractivity contribution in [1.82, 2.24) is 10.5 Å². The molecule has 0 radical (unpaired) electrons. The largest absolute Gasteiger partial charge is 0.481 e. The number of allylic oxidation sites excluding steroid dienone is 1. The van der Waals surface area contributed by atoms with E-state index >= 15 is 0 Å². The lowest BCUT2D eigenvalue weighted by atomic mass is 9.32. The summed E-state index contributed by atoms with van der Waals surface area (Å²) in [5.74, 6) is 0.916. The normalized spacial score (nSPS) is 42.2. The smallest absolute Gasteiger partial charge is 0.362 e. The summed E-state index contributed by atoms with van der Waals surface area (Å²) in [4.78, 5) is 39.1. The first-order valence-corrected chi connectivity index (χ1v) is 18.8. The second-order valence-electron chi connectivity index (χ2n) is 18.9. The number of carboxylic acids is 1. The van der Waals surface area contributed by atoms with Gasteiger partial charge in [-0.15, -0.1) is 0 Å². The van der Waals surface area contributed by atoms with Gasteiger partial charge in [0.1, 0.15) is 6.10 Å². The van der Waals surface area contributed by atoms with E-state index in [1.54, 1.807) is 21.0 Å². The number of carbonyl (C=O) groups excluding carboxylic acids is 2. The van der Waals surface area contributed by atoms with Crippen molar-refractivity contribution in [3.8, 4) is 0 Å². The molecule has 5 saturated carbocycles. The monoisotopic (exact) mass is 668 g/mol. The van der Waals surface area contributed by atoms with Gasteiger partial charge in [0.25, 0.3) is 0 Å². The predicted octanol–water partition coefficient (Wildman–Crippen LogP) is 7.02. The number of aliphatic carboxylic acids is 1. The van der Waals surface area contributed by atoms with Gasteiger partial charge in [-0.3, -0.25) is 14.4 Å². The number of fused-ring (bicyclic) bond motifs is 7. The van der Waals surface area contributed by atoms with E-state index in [0.717, 1.165) is 57.8 Å². The molecule has 1 amide bonds. The van der Waals surface area contributed by atoms with Crippen LogP contribution in [0.2, 0.25) is 0 Å². The average molecular weight is 669 g/mol. The highest BCUT2D eigenvalue weighted by Gasteiger charge is 2.72. The maximum absolute atomic E-state index is 14.3. The van der Waals surface area contributed by atoms with E-state index in [1.807, 2.05) is 6.92 Å². The number of carbonyl (C=O) groups is 3. The quantitative estimate of drug-likeness (QED) is 0.0993. The molecule has 3 N–H and O–H groups in total. The van der Waals surface area contributed by atoms with Crippen LogP contribution in [-0.4, -0.2) is 49.9 Å². The second-order valence-corrected chi connectivity index (χ2v) is 18.9. The predicted molar refractivity (Wildman–Crippen MR) is 190 cm³/mol. The van der Waals surface area contributed by atoms with Crippen LogP contribution in [0.1, 0.15) is 133 Å². The maximum Gasteiger partial charge on any atom is 0.362 e. The molecule has 0 spiro atoms. The summed E-state index contributed by atoms with van der Waals surface area (Å²) in [6.45, 7) is 24.2. The molecule has 0 aromatic heterocycles. The van der Waals surface area contributed by atoms with Crippen LogP contribution in [0.5, 0.6) is 0 Å². The zero-order valence-electron chi connectivity index (χ0n) is 31.7. The van der Waals surface area contributed by atoms with E-state index in [2.05, 4.69) is 58.7 Å². The van der Waals surface area contributed by atoms with E-state index in [1.165, 1.54) is 12.0 Å². The zero-order valence-corrected chi connectivity index (χ0v) is 31.7. The number of rotatable bonds is 10. The maximum atomic E-state index is 14.3. The molecule has 0 aromatic carbocycles. The molecule has 0 aromatic rings. The van der Waals surface area contributed by atoms with Gasteiger partial charge in [-0.05, 0) is 138 Å². The van der Waals surface area contributed by atoms with Gasteiger partial charge in [0.05, 0.1) is 23.4 Å². The highest BCUT2D eigenvalue weighted by molar-refractivity contribution is 6.23. The molecule has 0 heterocycles. The van der Waals surface area contributed by atoms with Crippen LogP contribution in [0.15, 0.2) is 12.2 Å². The lowest BCUT2D eigenvalue weighted by Gasteiger charge is -2.72. The molecule has 0 aliphatic heterocycles. The SMILES string of the molecule is C=C(C)[C@@H]1CC[C@]2(C(=O)NC(C)NBOC)CC[C@]3(C)[C@H](CC[C@@H]4[C@@]5(C)CC[C@H](OC(=O)CC(C)(C)C(=O)O)C(C)(C)[C@@H]5CC[C@]43C)[C@@H]12. The summed E-state index contributed by atoms with van der Waals surface area (Å²) in [5.41, 5.74) is -0.111. The summed E-state index contributed by atoms with van der Waals surface area (Å²) >= 11 is 0. The van der Waals surface area contributed by atoms with Crippen molar-refractivity contribution in [2.75, 3.05) is 7.11 Å². The number of hydrogen-bond acceptors (Lipinski definition) is 6. The highest BCUT2D eigenvalue weighted by Crippen LogP contribution is 2.77. The zero-order chi connectivity index (χ0) is 35.7. The van der Waals surface area contributed by atoms with Crippen molar-refractivity contribution in [1.29, 1.82) is 0 Å². The van der Waals surface area contributed by atoms with Gasteiger partial charge in [-0.25, -0.2) is 0 Å². The van der Waals surface area contributed by atoms with E-state index in [4.69, 9.17) is 9.39 Å². The Morgan fingerprint density at radius 2 is 1.62 bits per heavy atom. The molecule has 11 atom stereocenters. The van der Waals surface area contributed by atoms with Crippen LogP contribution in [-0.2, 0) is 23.8 Å². The molecule has 1 unspecified atom stereocenters. The average Bonchev–Trinajstić information content (AvgIpc) is 3.39. The lowest BCUT2D eigenvalue weighted by Crippen LogP contribution is -2.67. The summed E-state index contributed by atoms with van der Waals surface area (Å²) in [6.07, 6.45) is 9.84. The number of hydrogen-bond donors (Lipinski definition) is 3. The van der Waals surface area contributed by atoms with E-state index in [0.29, 0.717) is 37.2 Å². The summed E-state index contributed by atoms with van der Waals surface area (Å²) in [5, 5.41) is 16.2. The minimum atomic E-state index is -1.15. The summed E-state index contributed by atoms with van der Waals surface area (Å²) < 4.78 is 11.4. The Balaban J connectivity index is 1.41. The van der Waals surface area contributed by atoms with Gasteiger partial charge < -0.3 is 25.0 Å². The van der Waals surface area contributed by atoms with Crippen molar-refractivity contribution in [3.05, 3.63) is 12.2 Å². The molecule has 8 nitrogen and oxygen atoms in total. The van der Waals surface area contributed by atoms with Crippen molar-refractivity contribution in [2.24, 2.45) is 62.1 Å². The van der Waals surface area contributed by atoms with Gasteiger partial charge in [-0.2, -0.15) is 0 Å². The Bertz CT molecular complexity index is 1300. The standard InChI is InChI=1S/C39H65BN2O6/c1-23(2)25-14-19-39(32(44)41-24(3)42-40-47-11)21-20-37(9)26(31(25)39)12-13-28-36(8)17-16-29(48-30(43)22-34(4,5)33(45)46)35(6,7)27(36)15-18-38(28,37)10/h24-29,31,40,42H,1,12-22H2,2-11H3,(H,41,44)(H,45,46)/t24?,25-,26+,27-,28+,29-,31+,36-,37+,38+,39-/m0/s1. The second kappa shape index (κ2) is 12.7. The fraction of sp³-hybridized carbons (Fsp3) is 0.872. The Morgan fingerprint density at radius 3 is 2.25 bits per heavy atom. The fourth-order valence-electron chi connectivity index (χ4n) is 13.0. The van der Waals surface area contributed by atoms with Crippen LogP contribution in [0.3, 0.4) is 0 Å². The Kier molecular flexibility index (Phi) is 9.91. The minimum Gasteiger partial charge on any atom is -0.481 e. The minimum absolute atomic E-state index is 0.117. The lowest BCUT2D eigenvalue weighted by molar-refractivity contribution is -0.249. The van der Waals surface area contributed by atoms with Crippen LogP contribution in [0, 0.1) is 62.1 Å². The first-order chi connectivity index (χ1) is 22.2. The van der Waals surface area contributed by atoms with Gasteiger partial charge in [0, 0.05) is 12.5 Å². The molecular formula is C39H65BN2O6. The van der Waals surface area contributed by atoms with Crippen LogP contribution < -0.4 is 10.5 Å². The number of amides is 1. The molecule has 48 heavy (non-hydrogen) atoms. The van der Waals surface area contributed by atoms with Crippen LogP contribution in [0.4, 0.5) is 0 Å². The van der Waals surface area contributed by atoms with Crippen molar-refractivity contribution in [3.63, 3.8) is 0 Å². The number of esters is 1. The third-order valence-corrected chi connectivity index (χ3v) is 15.8. The molecule has 0 bridgehead atoms. The molecule has 0 saturated heterocycles. The first kappa shape index (κ1) is 37.4. The highest BCUT2D eigenvalue weighted by atomic mass is 16.5. The fourth-order valence-corrected chi connectivity index (χ4v) is 13.0. The number of carboxylic acid groups (broad SMARTS) is 1. The van der Waals surface area contributed by atoms with Crippen LogP contribution in [0.25, 0.3) is 0 Å².